The first kappa shape index (κ1) is 16.8. The van der Waals surface area contributed by atoms with Crippen LogP contribution >= 0.6 is 23.2 Å². The van der Waals surface area contributed by atoms with E-state index in [9.17, 15) is 8.42 Å². The van der Waals surface area contributed by atoms with Crippen molar-refractivity contribution in [1.29, 1.82) is 0 Å². The first-order valence-corrected chi connectivity index (χ1v) is 8.98. The average Bonchev–Trinajstić information content (AvgIpc) is 3.02. The predicted octanol–water partition coefficient (Wildman–Crippen LogP) is 2.45. The maximum Gasteiger partial charge on any atom is 0.241 e. The van der Waals surface area contributed by atoms with Crippen molar-refractivity contribution in [2.75, 3.05) is 0 Å². The second-order valence-electron chi connectivity index (χ2n) is 4.77. The number of aromatic nitrogens is 4. The van der Waals surface area contributed by atoms with Crippen molar-refractivity contribution in [3.05, 3.63) is 64.4 Å². The van der Waals surface area contributed by atoms with E-state index in [-0.39, 0.29) is 11.4 Å². The summed E-state index contributed by atoms with van der Waals surface area (Å²) in [6.45, 7) is -0.0789. The molecule has 3 aromatic rings. The molecule has 0 bridgehead atoms. The second kappa shape index (κ2) is 6.86. The number of hydrogen-bond acceptors (Lipinski definition) is 5. The number of sulfonamides is 1. The Bertz CT molecular complexity index is 957. The first-order chi connectivity index (χ1) is 11.5. The van der Waals surface area contributed by atoms with E-state index in [0.717, 1.165) is 0 Å². The molecule has 10 heteroatoms. The highest BCUT2D eigenvalue weighted by molar-refractivity contribution is 7.89. The smallest absolute Gasteiger partial charge is 0.207 e. The van der Waals surface area contributed by atoms with E-state index >= 15 is 0 Å². The Labute approximate surface area is 148 Å². The third-order valence-electron chi connectivity index (χ3n) is 3.13. The molecule has 24 heavy (non-hydrogen) atoms. The number of nitrogens with one attached hydrogen (secondary N) is 1. The van der Waals surface area contributed by atoms with Crippen LogP contribution in [0, 0.1) is 0 Å². The third kappa shape index (κ3) is 3.73. The first-order valence-electron chi connectivity index (χ1n) is 6.74. The molecule has 0 unspecified atom stereocenters. The summed E-state index contributed by atoms with van der Waals surface area (Å²) < 4.78 is 28.5. The van der Waals surface area contributed by atoms with Gasteiger partial charge in [-0.3, -0.25) is 0 Å². The van der Waals surface area contributed by atoms with Gasteiger partial charge >= 0.3 is 0 Å². The lowest BCUT2D eigenvalue weighted by Crippen LogP contribution is -2.25. The minimum absolute atomic E-state index is 0.0699. The number of nitrogens with zero attached hydrogens (tertiary/aromatic N) is 4. The molecule has 0 radical (unpaired) electrons. The molecule has 0 aliphatic carbocycles. The summed E-state index contributed by atoms with van der Waals surface area (Å²) in [5.41, 5.74) is 0.668. The van der Waals surface area contributed by atoms with Crippen LogP contribution in [0.1, 0.15) is 5.82 Å². The highest BCUT2D eigenvalue weighted by atomic mass is 35.5. The quantitative estimate of drug-likeness (QED) is 0.730. The lowest BCUT2D eigenvalue weighted by atomic mass is 10.3. The highest BCUT2D eigenvalue weighted by Gasteiger charge is 2.16. The maximum absolute atomic E-state index is 12.3. The van der Waals surface area contributed by atoms with Gasteiger partial charge in [-0.15, -0.1) is 5.10 Å². The largest absolute Gasteiger partial charge is 0.241 e. The van der Waals surface area contributed by atoms with Gasteiger partial charge in [0.25, 0.3) is 0 Å². The Morgan fingerprint density at radius 2 is 1.79 bits per heavy atom. The molecule has 0 saturated heterocycles. The fourth-order valence-corrected chi connectivity index (χ4v) is 3.38. The standard InChI is InChI=1S/C14H11Cl2N5O2S/c15-10-4-6-12(7-5-10)21-14(18-19-20-21)9-17-24(22,23)13-3-1-2-11(16)8-13/h1-8,17H,9H2. The Kier molecular flexibility index (Phi) is 4.81. The highest BCUT2D eigenvalue weighted by Crippen LogP contribution is 2.16. The van der Waals surface area contributed by atoms with Gasteiger partial charge in [0, 0.05) is 10.0 Å². The van der Waals surface area contributed by atoms with E-state index < -0.39 is 10.0 Å². The van der Waals surface area contributed by atoms with Crippen molar-refractivity contribution in [1.82, 2.24) is 24.9 Å². The van der Waals surface area contributed by atoms with Gasteiger partial charge < -0.3 is 0 Å². The van der Waals surface area contributed by atoms with Gasteiger partial charge in [-0.05, 0) is 52.9 Å². The molecule has 2 aromatic carbocycles. The zero-order valence-corrected chi connectivity index (χ0v) is 14.4. The summed E-state index contributed by atoms with van der Waals surface area (Å²) in [7, 11) is -3.73. The third-order valence-corrected chi connectivity index (χ3v) is 5.02. The summed E-state index contributed by atoms with van der Waals surface area (Å²) >= 11 is 11.7. The van der Waals surface area contributed by atoms with Gasteiger partial charge in [-0.1, -0.05) is 29.3 Å². The van der Waals surface area contributed by atoms with Crippen molar-refractivity contribution in [2.24, 2.45) is 0 Å². The Balaban J connectivity index is 1.81. The second-order valence-corrected chi connectivity index (χ2v) is 7.41. The van der Waals surface area contributed by atoms with Gasteiger partial charge in [-0.25, -0.2) is 13.1 Å². The zero-order valence-electron chi connectivity index (χ0n) is 12.1. The molecule has 1 heterocycles. The van der Waals surface area contributed by atoms with Crippen molar-refractivity contribution in [3.63, 3.8) is 0 Å². The van der Waals surface area contributed by atoms with Crippen molar-refractivity contribution in [2.45, 2.75) is 11.4 Å². The van der Waals surface area contributed by atoms with Crippen molar-refractivity contribution in [3.8, 4) is 5.69 Å². The molecule has 0 spiro atoms. The average molecular weight is 384 g/mol. The van der Waals surface area contributed by atoms with E-state index in [1.807, 2.05) is 0 Å². The van der Waals surface area contributed by atoms with E-state index in [2.05, 4.69) is 20.2 Å². The summed E-state index contributed by atoms with van der Waals surface area (Å²) in [5, 5.41) is 12.2. The predicted molar refractivity (Wildman–Crippen MR) is 89.6 cm³/mol. The molecular formula is C14H11Cl2N5O2S. The number of rotatable bonds is 5. The number of benzene rings is 2. The van der Waals surface area contributed by atoms with E-state index in [1.54, 1.807) is 36.4 Å². The van der Waals surface area contributed by atoms with Crippen LogP contribution < -0.4 is 4.72 Å². The summed E-state index contributed by atoms with van der Waals surface area (Å²) in [6, 6.07) is 12.8. The zero-order chi connectivity index (χ0) is 17.2. The fraction of sp³-hybridized carbons (Fsp3) is 0.0714. The van der Waals surface area contributed by atoms with E-state index in [0.29, 0.717) is 21.6 Å². The molecule has 124 valence electrons. The molecule has 0 aliphatic rings. The molecule has 0 atom stereocenters. The summed E-state index contributed by atoms with van der Waals surface area (Å²) in [4.78, 5) is 0.0699. The molecule has 1 N–H and O–H groups in total. The van der Waals surface area contributed by atoms with Crippen LogP contribution in [0.4, 0.5) is 0 Å². The van der Waals surface area contributed by atoms with Gasteiger partial charge in [0.2, 0.25) is 10.0 Å². The molecule has 0 saturated carbocycles. The molecule has 1 aromatic heterocycles. The molecule has 0 amide bonds. The van der Waals surface area contributed by atoms with Crippen molar-refractivity contribution < 1.29 is 8.42 Å². The monoisotopic (exact) mass is 383 g/mol. The van der Waals surface area contributed by atoms with Gasteiger partial charge in [0.1, 0.15) is 0 Å². The lowest BCUT2D eigenvalue weighted by molar-refractivity contribution is 0.578. The normalized spacial score (nSPS) is 11.6. The maximum atomic E-state index is 12.3. The Morgan fingerprint density at radius 1 is 1.04 bits per heavy atom. The van der Waals surface area contributed by atoms with Crippen LogP contribution in [0.3, 0.4) is 0 Å². The Morgan fingerprint density at radius 3 is 2.50 bits per heavy atom. The summed E-state index contributed by atoms with van der Waals surface area (Å²) in [6.07, 6.45) is 0. The van der Waals surface area contributed by atoms with Gasteiger partial charge in [-0.2, -0.15) is 4.68 Å². The molecule has 0 aliphatic heterocycles. The number of tetrazole rings is 1. The SMILES string of the molecule is O=S(=O)(NCc1nnnn1-c1ccc(Cl)cc1)c1cccc(Cl)c1. The minimum Gasteiger partial charge on any atom is -0.207 e. The van der Waals surface area contributed by atoms with Crippen LogP contribution in [0.2, 0.25) is 10.0 Å². The molecule has 7 nitrogen and oxygen atoms in total. The molecular weight excluding hydrogens is 373 g/mol. The van der Waals surface area contributed by atoms with Crippen LogP contribution in [-0.4, -0.2) is 28.6 Å². The van der Waals surface area contributed by atoms with E-state index in [4.69, 9.17) is 23.2 Å². The van der Waals surface area contributed by atoms with E-state index in [1.165, 1.54) is 16.8 Å². The van der Waals surface area contributed by atoms with Gasteiger partial charge in [0.15, 0.2) is 5.82 Å². The molecule has 3 rings (SSSR count). The van der Waals surface area contributed by atoms with Crippen LogP contribution in [-0.2, 0) is 16.6 Å². The van der Waals surface area contributed by atoms with Gasteiger partial charge in [0.05, 0.1) is 17.1 Å². The lowest BCUT2D eigenvalue weighted by Gasteiger charge is -2.08. The minimum atomic E-state index is -3.73. The van der Waals surface area contributed by atoms with Crippen LogP contribution in [0.5, 0.6) is 0 Å². The number of halogens is 2. The fourth-order valence-electron chi connectivity index (χ4n) is 1.98. The number of hydrogen-bond donors (Lipinski definition) is 1. The topological polar surface area (TPSA) is 89.8 Å². The van der Waals surface area contributed by atoms with Crippen LogP contribution in [0.15, 0.2) is 53.4 Å². The Hall–Kier alpha value is -2.00. The summed E-state index contributed by atoms with van der Waals surface area (Å²) in [5.74, 6) is 0.336. The van der Waals surface area contributed by atoms with Crippen molar-refractivity contribution >= 4 is 33.2 Å². The van der Waals surface area contributed by atoms with Crippen LogP contribution in [0.25, 0.3) is 5.69 Å². The molecule has 0 fully saturated rings.